The van der Waals surface area contributed by atoms with Crippen molar-refractivity contribution in [2.45, 2.75) is 53.1 Å². The fourth-order valence-corrected chi connectivity index (χ4v) is 4.11. The normalized spacial score (nSPS) is 13.5. The van der Waals surface area contributed by atoms with E-state index in [0.29, 0.717) is 46.2 Å². The first-order chi connectivity index (χ1) is 13.1. The largest absolute Gasteiger partial charge is 0.465 e. The van der Waals surface area contributed by atoms with Gasteiger partial charge >= 0.3 is 13.7 Å². The van der Waals surface area contributed by atoms with Crippen molar-refractivity contribution in [3.05, 3.63) is 0 Å². The van der Waals surface area contributed by atoms with E-state index < -0.39 is 19.2 Å². The first-order valence-corrected chi connectivity index (χ1v) is 11.4. The van der Waals surface area contributed by atoms with Gasteiger partial charge < -0.3 is 28.4 Å². The molecule has 28 heavy (non-hydrogen) atoms. The Kier molecular flexibility index (Phi) is 14.0. The number of ether oxygens (including phenoxy) is 3. The molecule has 168 valence electrons. The zero-order valence-corrected chi connectivity index (χ0v) is 19.0. The predicted molar refractivity (Wildman–Crippen MR) is 107 cm³/mol. The number of carboxylic acid groups (broad SMARTS) is 1. The summed E-state index contributed by atoms with van der Waals surface area (Å²) in [6, 6.07) is -0.257. The van der Waals surface area contributed by atoms with Crippen LogP contribution in [-0.2, 0) is 27.8 Å². The molecule has 0 aliphatic rings. The van der Waals surface area contributed by atoms with Crippen LogP contribution in [0.2, 0.25) is 0 Å². The molecule has 0 radical (unpaired) electrons. The van der Waals surface area contributed by atoms with Crippen LogP contribution in [0.5, 0.6) is 0 Å². The minimum absolute atomic E-state index is 0.212. The summed E-state index contributed by atoms with van der Waals surface area (Å²) in [7, 11) is -3.06. The van der Waals surface area contributed by atoms with Crippen LogP contribution in [0.15, 0.2) is 0 Å². The maximum atomic E-state index is 12.2. The number of nitrogens with zero attached hydrogens (tertiary/aromatic N) is 1. The highest BCUT2D eigenvalue weighted by atomic mass is 31.2. The van der Waals surface area contributed by atoms with Crippen LogP contribution in [0.1, 0.15) is 41.5 Å². The first kappa shape index (κ1) is 27.3. The summed E-state index contributed by atoms with van der Waals surface area (Å²) in [5.74, 6) is 0. The zero-order chi connectivity index (χ0) is 21.6. The van der Waals surface area contributed by atoms with Gasteiger partial charge in [-0.2, -0.15) is 0 Å². The summed E-state index contributed by atoms with van der Waals surface area (Å²) < 4.78 is 38.9. The smallest absolute Gasteiger partial charge is 0.408 e. The highest BCUT2D eigenvalue weighted by Gasteiger charge is 2.30. The third-order valence-electron chi connectivity index (χ3n) is 3.63. The SMILES string of the molecule is CCOP(=O)(CCOCCOCCOC[C@H](C)N(C(=O)O)C(C)(C)C)OCC. The van der Waals surface area contributed by atoms with E-state index in [2.05, 4.69) is 0 Å². The van der Waals surface area contributed by atoms with Crippen molar-refractivity contribution in [2.24, 2.45) is 0 Å². The standard InChI is InChI=1S/C18H38NO8P/c1-7-26-28(22,27-8-2)14-13-24-10-9-23-11-12-25-15-16(3)19(17(20)21)18(4,5)6/h16H,7-15H2,1-6H3,(H,20,21)/t16-/m0/s1. The van der Waals surface area contributed by atoms with Crippen LogP contribution in [0, 0.1) is 0 Å². The van der Waals surface area contributed by atoms with Gasteiger partial charge in [0, 0.05) is 5.54 Å². The molecule has 0 heterocycles. The molecule has 0 saturated heterocycles. The van der Waals surface area contributed by atoms with Gasteiger partial charge in [0.15, 0.2) is 0 Å². The molecule has 0 aliphatic carbocycles. The Morgan fingerprint density at radius 2 is 1.43 bits per heavy atom. The Morgan fingerprint density at radius 3 is 1.86 bits per heavy atom. The van der Waals surface area contributed by atoms with Gasteiger partial charge in [0.05, 0.1) is 65.1 Å². The molecule has 0 spiro atoms. The van der Waals surface area contributed by atoms with E-state index in [1.807, 2.05) is 27.7 Å². The quantitative estimate of drug-likeness (QED) is 0.295. The minimum Gasteiger partial charge on any atom is -0.465 e. The van der Waals surface area contributed by atoms with Crippen LogP contribution in [-0.4, -0.2) is 86.7 Å². The zero-order valence-electron chi connectivity index (χ0n) is 18.1. The molecule has 9 nitrogen and oxygen atoms in total. The van der Waals surface area contributed by atoms with Crippen LogP contribution < -0.4 is 0 Å². The topological polar surface area (TPSA) is 104 Å². The lowest BCUT2D eigenvalue weighted by molar-refractivity contribution is -0.00672. The van der Waals surface area contributed by atoms with Crippen LogP contribution >= 0.6 is 7.60 Å². The molecule has 0 aromatic carbocycles. The fraction of sp³-hybridized carbons (Fsp3) is 0.944. The lowest BCUT2D eigenvalue weighted by atomic mass is 10.0. The van der Waals surface area contributed by atoms with E-state index >= 15 is 0 Å². The van der Waals surface area contributed by atoms with Gasteiger partial charge in [-0.3, -0.25) is 9.46 Å². The molecule has 0 fully saturated rings. The molecule has 0 aromatic rings. The van der Waals surface area contributed by atoms with Crippen molar-refractivity contribution in [1.82, 2.24) is 4.90 Å². The average molecular weight is 427 g/mol. The van der Waals surface area contributed by atoms with Crippen LogP contribution in [0.3, 0.4) is 0 Å². The number of hydrogen-bond donors (Lipinski definition) is 1. The maximum absolute atomic E-state index is 12.2. The summed E-state index contributed by atoms with van der Waals surface area (Å²) in [6.07, 6.45) is -0.751. The lowest BCUT2D eigenvalue weighted by Crippen LogP contribution is -2.51. The summed E-state index contributed by atoms with van der Waals surface area (Å²) in [6.45, 7) is 13.6. The van der Waals surface area contributed by atoms with Crippen molar-refractivity contribution in [2.75, 3.05) is 59.0 Å². The van der Waals surface area contributed by atoms with Crippen LogP contribution in [0.25, 0.3) is 0 Å². The Labute approximate surface area is 169 Å². The number of hydrogen-bond acceptors (Lipinski definition) is 7. The molecule has 1 atom stereocenters. The molecule has 0 rings (SSSR count). The van der Waals surface area contributed by atoms with Crippen molar-refractivity contribution < 1.29 is 37.7 Å². The van der Waals surface area contributed by atoms with E-state index in [9.17, 15) is 14.5 Å². The second kappa shape index (κ2) is 14.3. The maximum Gasteiger partial charge on any atom is 0.408 e. The molecule has 0 aliphatic heterocycles. The molecule has 1 N–H and O–H groups in total. The third-order valence-corrected chi connectivity index (χ3v) is 5.67. The van der Waals surface area contributed by atoms with Crippen molar-refractivity contribution in [3.8, 4) is 0 Å². The van der Waals surface area contributed by atoms with E-state index in [1.165, 1.54) is 4.90 Å². The Hall–Kier alpha value is -0.700. The third kappa shape index (κ3) is 12.0. The van der Waals surface area contributed by atoms with Crippen LogP contribution in [0.4, 0.5) is 4.79 Å². The summed E-state index contributed by atoms with van der Waals surface area (Å²) >= 11 is 0. The highest BCUT2D eigenvalue weighted by Crippen LogP contribution is 2.47. The minimum atomic E-state index is -3.06. The molecular weight excluding hydrogens is 389 g/mol. The van der Waals surface area contributed by atoms with Gasteiger partial charge in [-0.25, -0.2) is 4.79 Å². The fourth-order valence-electron chi connectivity index (χ4n) is 2.64. The Morgan fingerprint density at radius 1 is 0.964 bits per heavy atom. The molecule has 0 aromatic heterocycles. The Balaban J connectivity index is 3.80. The van der Waals surface area contributed by atoms with E-state index in [-0.39, 0.29) is 18.8 Å². The summed E-state index contributed by atoms with van der Waals surface area (Å²) in [4.78, 5) is 12.8. The van der Waals surface area contributed by atoms with Gasteiger partial charge in [-0.1, -0.05) is 0 Å². The monoisotopic (exact) mass is 427 g/mol. The average Bonchev–Trinajstić information content (AvgIpc) is 2.55. The molecule has 0 saturated carbocycles. The predicted octanol–water partition coefficient (Wildman–Crippen LogP) is 3.47. The molecule has 1 amide bonds. The molecule has 0 unspecified atom stereocenters. The summed E-state index contributed by atoms with van der Waals surface area (Å²) in [5, 5.41) is 9.33. The van der Waals surface area contributed by atoms with E-state index in [4.69, 9.17) is 23.3 Å². The number of rotatable bonds is 16. The van der Waals surface area contributed by atoms with E-state index in [1.54, 1.807) is 13.8 Å². The molecular formula is C18H38NO8P. The van der Waals surface area contributed by atoms with Crippen molar-refractivity contribution in [3.63, 3.8) is 0 Å². The number of amides is 1. The van der Waals surface area contributed by atoms with Crippen molar-refractivity contribution in [1.29, 1.82) is 0 Å². The van der Waals surface area contributed by atoms with Gasteiger partial charge in [0.1, 0.15) is 0 Å². The first-order valence-electron chi connectivity index (χ1n) is 9.71. The molecule has 0 bridgehead atoms. The van der Waals surface area contributed by atoms with Gasteiger partial charge in [-0.05, 0) is 41.5 Å². The van der Waals surface area contributed by atoms with Gasteiger partial charge in [0.2, 0.25) is 0 Å². The van der Waals surface area contributed by atoms with Gasteiger partial charge in [-0.15, -0.1) is 0 Å². The lowest BCUT2D eigenvalue weighted by Gasteiger charge is -2.37. The molecule has 10 heteroatoms. The van der Waals surface area contributed by atoms with Gasteiger partial charge in [0.25, 0.3) is 0 Å². The summed E-state index contributed by atoms with van der Waals surface area (Å²) in [5.41, 5.74) is -0.489. The van der Waals surface area contributed by atoms with E-state index in [0.717, 1.165) is 0 Å². The highest BCUT2D eigenvalue weighted by molar-refractivity contribution is 7.53. The second-order valence-corrected chi connectivity index (χ2v) is 9.33. The van der Waals surface area contributed by atoms with Crippen molar-refractivity contribution >= 4 is 13.7 Å². The Bertz CT molecular complexity index is 459. The second-order valence-electron chi connectivity index (χ2n) is 7.14. The number of carbonyl (C=O) groups is 1.